The Morgan fingerprint density at radius 1 is 1.16 bits per heavy atom. The molecule has 6 atom stereocenters. The van der Waals surface area contributed by atoms with Gasteiger partial charge in [0.25, 0.3) is 5.91 Å². The Hall–Kier alpha value is -2.96. The molecule has 2 aliphatic carbocycles. The molecule has 3 aliphatic rings. The topological polar surface area (TPSA) is 151 Å². The average Bonchev–Trinajstić information content (AvgIpc) is 3.83. The van der Waals surface area contributed by atoms with Crippen molar-refractivity contribution in [2.75, 3.05) is 13.2 Å². The lowest BCUT2D eigenvalue weighted by Crippen LogP contribution is -2.59. The zero-order valence-electron chi connectivity index (χ0n) is 26.6. The summed E-state index contributed by atoms with van der Waals surface area (Å²) in [6.07, 6.45) is 6.04. The molecule has 2 unspecified atom stereocenters. The molecule has 248 valence electrons. The molecular weight excluding hydrogens is 591 g/mol. The fourth-order valence-electron chi connectivity index (χ4n) is 5.93. The summed E-state index contributed by atoms with van der Waals surface area (Å²) >= 11 is 0. The SMILES string of the molecule is C=CCCC(C)C[C@@H](C)C(NC(=O)OC(C)(C)C)C(=O)N1CCC[C@H]1C(=O)N[C@]1(C(=O)NS(=O)(=O)C2(CF)CC2)C[C@H]1C=C. The Labute approximate surface area is 260 Å². The fourth-order valence-corrected chi connectivity index (χ4v) is 7.35. The van der Waals surface area contributed by atoms with Gasteiger partial charge in [-0.05, 0) is 84.0 Å². The van der Waals surface area contributed by atoms with E-state index in [9.17, 15) is 32.0 Å². The average molecular weight is 641 g/mol. The van der Waals surface area contributed by atoms with Crippen LogP contribution in [-0.2, 0) is 29.1 Å². The summed E-state index contributed by atoms with van der Waals surface area (Å²) in [5.74, 6) is -2.58. The highest BCUT2D eigenvalue weighted by atomic mass is 32.2. The molecule has 0 radical (unpaired) electrons. The van der Waals surface area contributed by atoms with Crippen molar-refractivity contribution >= 4 is 33.8 Å². The van der Waals surface area contributed by atoms with Crippen molar-refractivity contribution in [3.05, 3.63) is 25.3 Å². The molecule has 3 fully saturated rings. The number of sulfonamides is 1. The Balaban J connectivity index is 1.78. The molecule has 2 saturated carbocycles. The monoisotopic (exact) mass is 640 g/mol. The van der Waals surface area contributed by atoms with Crippen LogP contribution in [0.15, 0.2) is 25.3 Å². The van der Waals surface area contributed by atoms with Crippen LogP contribution >= 0.6 is 0 Å². The van der Waals surface area contributed by atoms with Gasteiger partial charge in [-0.15, -0.1) is 13.2 Å². The molecule has 3 rings (SSSR count). The quantitative estimate of drug-likeness (QED) is 0.232. The van der Waals surface area contributed by atoms with Crippen LogP contribution in [0.2, 0.25) is 0 Å². The van der Waals surface area contributed by atoms with Gasteiger partial charge in [0.2, 0.25) is 21.8 Å². The number of nitrogens with one attached hydrogen (secondary N) is 3. The van der Waals surface area contributed by atoms with E-state index >= 15 is 0 Å². The molecule has 1 heterocycles. The molecule has 11 nitrogen and oxygen atoms in total. The van der Waals surface area contributed by atoms with Crippen LogP contribution in [0.3, 0.4) is 0 Å². The number of nitrogens with zero attached hydrogens (tertiary/aromatic N) is 1. The minimum Gasteiger partial charge on any atom is -0.444 e. The summed E-state index contributed by atoms with van der Waals surface area (Å²) in [6, 6.07) is -1.91. The molecule has 0 spiro atoms. The van der Waals surface area contributed by atoms with Crippen molar-refractivity contribution in [1.82, 2.24) is 20.3 Å². The number of carbonyl (C=O) groups is 4. The number of alkyl carbamates (subject to hydrolysis) is 1. The Bertz CT molecular complexity index is 1250. The number of hydrogen-bond acceptors (Lipinski definition) is 7. The lowest BCUT2D eigenvalue weighted by molar-refractivity contribution is -0.142. The van der Waals surface area contributed by atoms with Crippen molar-refractivity contribution in [2.24, 2.45) is 17.8 Å². The minimum absolute atomic E-state index is 0.111. The lowest BCUT2D eigenvalue weighted by Gasteiger charge is -2.33. The zero-order chi connectivity index (χ0) is 33.1. The zero-order valence-corrected chi connectivity index (χ0v) is 27.4. The summed E-state index contributed by atoms with van der Waals surface area (Å²) in [5, 5.41) is 5.45. The molecule has 0 aromatic carbocycles. The normalized spacial score (nSPS) is 26.0. The Morgan fingerprint density at radius 2 is 1.82 bits per heavy atom. The lowest BCUT2D eigenvalue weighted by atomic mass is 9.88. The van der Waals surface area contributed by atoms with E-state index in [2.05, 4.69) is 30.7 Å². The van der Waals surface area contributed by atoms with E-state index in [1.54, 1.807) is 20.8 Å². The van der Waals surface area contributed by atoms with E-state index < -0.39 is 74.4 Å². The summed E-state index contributed by atoms with van der Waals surface area (Å²) in [7, 11) is -4.30. The third-order valence-electron chi connectivity index (χ3n) is 8.88. The van der Waals surface area contributed by atoms with Crippen molar-refractivity contribution in [2.45, 2.75) is 114 Å². The van der Waals surface area contributed by atoms with E-state index in [0.29, 0.717) is 19.3 Å². The second-order valence-electron chi connectivity index (χ2n) is 13.8. The molecule has 1 aliphatic heterocycles. The van der Waals surface area contributed by atoms with Gasteiger partial charge >= 0.3 is 6.09 Å². The highest BCUT2D eigenvalue weighted by Crippen LogP contribution is 2.47. The summed E-state index contributed by atoms with van der Waals surface area (Å²) in [4.78, 5) is 55.1. The van der Waals surface area contributed by atoms with E-state index in [4.69, 9.17) is 4.74 Å². The maximum atomic E-state index is 14.0. The molecule has 3 N–H and O–H groups in total. The maximum Gasteiger partial charge on any atom is 0.408 e. The number of ether oxygens (including phenoxy) is 1. The predicted octanol–water partition coefficient (Wildman–Crippen LogP) is 3.51. The number of likely N-dealkylation sites (tertiary alicyclic amines) is 1. The molecule has 4 amide bonds. The molecule has 0 aromatic rings. The van der Waals surface area contributed by atoms with E-state index in [1.807, 2.05) is 17.7 Å². The van der Waals surface area contributed by atoms with Crippen LogP contribution in [0.5, 0.6) is 0 Å². The van der Waals surface area contributed by atoms with Gasteiger partial charge in [-0.25, -0.2) is 17.6 Å². The van der Waals surface area contributed by atoms with Crippen molar-refractivity contribution in [1.29, 1.82) is 0 Å². The number of hydrogen-bond donors (Lipinski definition) is 3. The second kappa shape index (κ2) is 13.6. The van der Waals surface area contributed by atoms with Gasteiger partial charge in [0, 0.05) is 12.5 Å². The molecule has 1 saturated heterocycles. The van der Waals surface area contributed by atoms with Crippen LogP contribution in [0.4, 0.5) is 9.18 Å². The first-order chi connectivity index (χ1) is 20.5. The van der Waals surface area contributed by atoms with Crippen LogP contribution in [0, 0.1) is 17.8 Å². The Kier molecular flexibility index (Phi) is 11.0. The van der Waals surface area contributed by atoms with Crippen LogP contribution in [-0.4, -0.2) is 78.3 Å². The van der Waals surface area contributed by atoms with Crippen LogP contribution < -0.4 is 15.4 Å². The summed E-state index contributed by atoms with van der Waals surface area (Å²) in [6.45, 7) is 15.7. The summed E-state index contributed by atoms with van der Waals surface area (Å²) < 4.78 is 44.8. The Morgan fingerprint density at radius 3 is 2.34 bits per heavy atom. The van der Waals surface area contributed by atoms with Crippen molar-refractivity contribution in [3.63, 3.8) is 0 Å². The van der Waals surface area contributed by atoms with Gasteiger partial charge < -0.3 is 20.3 Å². The highest BCUT2D eigenvalue weighted by molar-refractivity contribution is 7.91. The van der Waals surface area contributed by atoms with E-state index in [-0.39, 0.29) is 37.6 Å². The smallest absolute Gasteiger partial charge is 0.408 e. The van der Waals surface area contributed by atoms with Gasteiger partial charge in [-0.3, -0.25) is 19.1 Å². The number of amides is 4. The van der Waals surface area contributed by atoms with E-state index in [0.717, 1.165) is 12.8 Å². The third-order valence-corrected chi connectivity index (χ3v) is 11.0. The molecular formula is C31H49FN4O7S. The highest BCUT2D eigenvalue weighted by Gasteiger charge is 2.63. The first-order valence-corrected chi connectivity index (χ1v) is 16.9. The summed E-state index contributed by atoms with van der Waals surface area (Å²) in [5.41, 5.74) is -2.36. The van der Waals surface area contributed by atoms with Gasteiger partial charge in [-0.1, -0.05) is 26.0 Å². The standard InChI is InChI=1S/C31H49FN4O7S/c1-8-10-12-20(3)17-21(4)24(33-28(40)43-29(5,6)7)26(38)36-16-11-13-23(36)25(37)34-31(18-22(31)9-2)27(39)35-44(41,42)30(19-32)14-15-30/h8-9,20-24H,1-2,10-19H2,3-7H3,(H,33,40)(H,34,37)(H,35,39)/t20?,21-,22-,23+,24?,31-/m1/s1. The third kappa shape index (κ3) is 8.00. The number of allylic oxidation sites excluding steroid dienone is 1. The van der Waals surface area contributed by atoms with Gasteiger partial charge in [0.15, 0.2) is 0 Å². The van der Waals surface area contributed by atoms with Gasteiger partial charge in [0.1, 0.15) is 34.6 Å². The first kappa shape index (κ1) is 35.5. The minimum atomic E-state index is -4.30. The number of rotatable bonds is 15. The van der Waals surface area contributed by atoms with Crippen molar-refractivity contribution < 1.29 is 36.7 Å². The first-order valence-electron chi connectivity index (χ1n) is 15.4. The molecule has 13 heteroatoms. The van der Waals surface area contributed by atoms with E-state index in [1.165, 1.54) is 11.0 Å². The van der Waals surface area contributed by atoms with Gasteiger partial charge in [-0.2, -0.15) is 0 Å². The maximum absolute atomic E-state index is 14.0. The molecule has 0 aromatic heterocycles. The van der Waals surface area contributed by atoms with Crippen LogP contribution in [0.1, 0.15) is 86.0 Å². The van der Waals surface area contributed by atoms with Gasteiger partial charge in [0.05, 0.1) is 0 Å². The number of alkyl halides is 1. The second-order valence-corrected chi connectivity index (χ2v) is 15.8. The molecule has 0 bridgehead atoms. The molecule has 44 heavy (non-hydrogen) atoms. The fraction of sp³-hybridized carbons (Fsp3) is 0.742. The van der Waals surface area contributed by atoms with Crippen molar-refractivity contribution in [3.8, 4) is 0 Å². The predicted molar refractivity (Wildman–Crippen MR) is 164 cm³/mol. The number of halogens is 1. The largest absolute Gasteiger partial charge is 0.444 e. The van der Waals surface area contributed by atoms with Crippen LogP contribution in [0.25, 0.3) is 0 Å². The number of carbonyl (C=O) groups excluding carboxylic acids is 4.